The summed E-state index contributed by atoms with van der Waals surface area (Å²) in [7, 11) is 0. The van der Waals surface area contributed by atoms with E-state index in [1.165, 1.54) is 0 Å². The van der Waals surface area contributed by atoms with Crippen molar-refractivity contribution in [3.8, 4) is 0 Å². The van der Waals surface area contributed by atoms with Gasteiger partial charge in [0.05, 0.1) is 11.0 Å². The zero-order chi connectivity index (χ0) is 13.2. The Morgan fingerprint density at radius 1 is 1.37 bits per heavy atom. The van der Waals surface area contributed by atoms with Crippen molar-refractivity contribution in [1.82, 2.24) is 24.4 Å². The van der Waals surface area contributed by atoms with Gasteiger partial charge >= 0.3 is 0 Å². The fourth-order valence-corrected chi connectivity index (χ4v) is 2.31. The van der Waals surface area contributed by atoms with Crippen LogP contribution in [0.25, 0.3) is 5.65 Å². The van der Waals surface area contributed by atoms with Gasteiger partial charge in [0, 0.05) is 24.6 Å². The molecule has 1 unspecified atom stereocenters. The molecule has 0 aliphatic rings. The summed E-state index contributed by atoms with van der Waals surface area (Å²) in [6, 6.07) is 5.97. The molecule has 98 valence electrons. The molecule has 3 rings (SSSR count). The Morgan fingerprint density at radius 3 is 3.00 bits per heavy atom. The highest BCUT2D eigenvalue weighted by molar-refractivity contribution is 9.10. The van der Waals surface area contributed by atoms with Gasteiger partial charge in [0.2, 0.25) is 5.95 Å². The normalized spacial score (nSPS) is 12.7. The van der Waals surface area contributed by atoms with Gasteiger partial charge in [-0.3, -0.25) is 4.68 Å². The third-order valence-electron chi connectivity index (χ3n) is 2.71. The summed E-state index contributed by atoms with van der Waals surface area (Å²) >= 11 is 3.46. The monoisotopic (exact) mass is 320 g/mol. The van der Waals surface area contributed by atoms with E-state index in [1.54, 1.807) is 10.7 Å². The van der Waals surface area contributed by atoms with Crippen molar-refractivity contribution in [3.63, 3.8) is 0 Å². The topological polar surface area (TPSA) is 60.0 Å². The first-order chi connectivity index (χ1) is 9.22. The van der Waals surface area contributed by atoms with Crippen LogP contribution in [0.4, 0.5) is 5.95 Å². The number of pyridine rings is 1. The van der Waals surface area contributed by atoms with E-state index in [-0.39, 0.29) is 6.04 Å². The lowest BCUT2D eigenvalue weighted by Crippen LogP contribution is -2.22. The zero-order valence-electron chi connectivity index (χ0n) is 10.4. The molecule has 0 radical (unpaired) electrons. The maximum atomic E-state index is 4.45. The molecule has 0 aliphatic heterocycles. The summed E-state index contributed by atoms with van der Waals surface area (Å²) in [5.41, 5.74) is 0.802. The molecule has 1 atom stereocenters. The lowest BCUT2D eigenvalue weighted by molar-refractivity contribution is 0.558. The van der Waals surface area contributed by atoms with Crippen LogP contribution in [0.5, 0.6) is 0 Å². The second-order valence-corrected chi connectivity index (χ2v) is 5.19. The van der Waals surface area contributed by atoms with Crippen molar-refractivity contribution < 1.29 is 0 Å². The predicted octanol–water partition coefficient (Wildman–Crippen LogP) is 2.19. The molecule has 0 saturated heterocycles. The standard InChI is InChI=1S/C12H13BrN6/c1-9(8-18-6-3-5-14-18)15-12-16-11-10(13)4-2-7-19(11)17-12/h2-7,9H,8H2,1H3,(H,15,17). The minimum Gasteiger partial charge on any atom is -0.349 e. The largest absolute Gasteiger partial charge is 0.349 e. The number of anilines is 1. The van der Waals surface area contributed by atoms with Crippen LogP contribution >= 0.6 is 15.9 Å². The van der Waals surface area contributed by atoms with E-state index in [4.69, 9.17) is 0 Å². The Bertz CT molecular complexity index is 675. The first-order valence-electron chi connectivity index (χ1n) is 5.97. The molecule has 0 fully saturated rings. The Balaban J connectivity index is 1.76. The summed E-state index contributed by atoms with van der Waals surface area (Å²) in [4.78, 5) is 4.45. The molecule has 6 nitrogen and oxygen atoms in total. The van der Waals surface area contributed by atoms with E-state index < -0.39 is 0 Å². The molecular weight excluding hydrogens is 308 g/mol. The first-order valence-corrected chi connectivity index (χ1v) is 6.76. The van der Waals surface area contributed by atoms with Gasteiger partial charge in [-0.1, -0.05) is 0 Å². The lowest BCUT2D eigenvalue weighted by atomic mass is 10.3. The van der Waals surface area contributed by atoms with Crippen molar-refractivity contribution in [2.75, 3.05) is 5.32 Å². The zero-order valence-corrected chi connectivity index (χ0v) is 11.9. The van der Waals surface area contributed by atoms with Crippen LogP contribution in [-0.4, -0.2) is 30.4 Å². The van der Waals surface area contributed by atoms with Crippen LogP contribution in [0.1, 0.15) is 6.92 Å². The molecule has 7 heteroatoms. The second-order valence-electron chi connectivity index (χ2n) is 4.33. The summed E-state index contributed by atoms with van der Waals surface area (Å²) in [5.74, 6) is 0.617. The van der Waals surface area contributed by atoms with Crippen LogP contribution in [0, 0.1) is 0 Å². The smallest absolute Gasteiger partial charge is 0.243 e. The van der Waals surface area contributed by atoms with Gasteiger partial charge in [0.15, 0.2) is 5.65 Å². The van der Waals surface area contributed by atoms with E-state index in [0.29, 0.717) is 5.95 Å². The number of nitrogens with one attached hydrogen (secondary N) is 1. The van der Waals surface area contributed by atoms with Crippen molar-refractivity contribution in [2.45, 2.75) is 19.5 Å². The number of nitrogens with zero attached hydrogens (tertiary/aromatic N) is 5. The highest BCUT2D eigenvalue weighted by Gasteiger charge is 2.09. The lowest BCUT2D eigenvalue weighted by Gasteiger charge is -2.11. The van der Waals surface area contributed by atoms with Crippen LogP contribution < -0.4 is 5.32 Å². The summed E-state index contributed by atoms with van der Waals surface area (Å²) in [5, 5.41) is 11.8. The summed E-state index contributed by atoms with van der Waals surface area (Å²) < 4.78 is 4.55. The molecule has 0 saturated carbocycles. The maximum absolute atomic E-state index is 4.45. The van der Waals surface area contributed by atoms with Crippen molar-refractivity contribution in [2.24, 2.45) is 0 Å². The number of halogens is 1. The molecular formula is C12H13BrN6. The van der Waals surface area contributed by atoms with Gasteiger partial charge < -0.3 is 5.32 Å². The van der Waals surface area contributed by atoms with Crippen LogP contribution in [0.15, 0.2) is 41.3 Å². The molecule has 0 aromatic carbocycles. The predicted molar refractivity (Wildman–Crippen MR) is 76.0 cm³/mol. The number of rotatable bonds is 4. The Morgan fingerprint density at radius 2 is 2.26 bits per heavy atom. The van der Waals surface area contributed by atoms with Crippen molar-refractivity contribution in [3.05, 3.63) is 41.3 Å². The molecule has 19 heavy (non-hydrogen) atoms. The Kier molecular flexibility index (Phi) is 3.20. The highest BCUT2D eigenvalue weighted by Crippen LogP contribution is 2.17. The van der Waals surface area contributed by atoms with Crippen LogP contribution in [-0.2, 0) is 6.54 Å². The highest BCUT2D eigenvalue weighted by atomic mass is 79.9. The van der Waals surface area contributed by atoms with Gasteiger partial charge in [-0.05, 0) is 41.1 Å². The van der Waals surface area contributed by atoms with E-state index in [0.717, 1.165) is 16.7 Å². The minimum absolute atomic E-state index is 0.191. The molecule has 0 bridgehead atoms. The second kappa shape index (κ2) is 5.00. The van der Waals surface area contributed by atoms with E-state index in [9.17, 15) is 0 Å². The van der Waals surface area contributed by atoms with Crippen LogP contribution in [0.3, 0.4) is 0 Å². The summed E-state index contributed by atoms with van der Waals surface area (Å²) in [6.45, 7) is 2.84. The van der Waals surface area contributed by atoms with Gasteiger partial charge in [0.25, 0.3) is 0 Å². The van der Waals surface area contributed by atoms with Crippen LogP contribution in [0.2, 0.25) is 0 Å². The van der Waals surface area contributed by atoms with Gasteiger partial charge in [-0.15, -0.1) is 5.10 Å². The third kappa shape index (κ3) is 2.60. The number of fused-ring (bicyclic) bond motifs is 1. The molecule has 1 N–H and O–H groups in total. The molecule has 0 spiro atoms. The fraction of sp³-hybridized carbons (Fsp3) is 0.250. The number of hydrogen-bond donors (Lipinski definition) is 1. The van der Waals surface area contributed by atoms with Gasteiger partial charge in [-0.2, -0.15) is 10.1 Å². The van der Waals surface area contributed by atoms with E-state index in [2.05, 4.69) is 43.4 Å². The third-order valence-corrected chi connectivity index (χ3v) is 3.33. The Labute approximate surface area is 118 Å². The van der Waals surface area contributed by atoms with E-state index >= 15 is 0 Å². The number of aromatic nitrogens is 5. The first kappa shape index (κ1) is 12.2. The van der Waals surface area contributed by atoms with Gasteiger partial charge in [0.1, 0.15) is 0 Å². The Hall–Kier alpha value is -1.89. The maximum Gasteiger partial charge on any atom is 0.243 e. The fourth-order valence-electron chi connectivity index (χ4n) is 1.89. The van der Waals surface area contributed by atoms with Gasteiger partial charge in [-0.25, -0.2) is 4.52 Å². The SMILES string of the molecule is CC(Cn1cccn1)Nc1nc2c(Br)cccn2n1. The summed E-state index contributed by atoms with van der Waals surface area (Å²) in [6.07, 6.45) is 5.58. The van der Waals surface area contributed by atoms with Crippen molar-refractivity contribution in [1.29, 1.82) is 0 Å². The molecule has 3 aromatic rings. The average Bonchev–Trinajstić information content (AvgIpc) is 2.98. The molecule has 0 aliphatic carbocycles. The molecule has 3 heterocycles. The quantitative estimate of drug-likeness (QED) is 0.800. The van der Waals surface area contributed by atoms with E-state index in [1.807, 2.05) is 35.3 Å². The minimum atomic E-state index is 0.191. The van der Waals surface area contributed by atoms with Crippen molar-refractivity contribution >= 4 is 27.5 Å². The molecule has 3 aromatic heterocycles. The average molecular weight is 321 g/mol. The number of hydrogen-bond acceptors (Lipinski definition) is 4. The molecule has 0 amide bonds.